The molecule has 2 aromatic carbocycles. The first-order valence-corrected chi connectivity index (χ1v) is 9.16. The Kier molecular flexibility index (Phi) is 7.76. The second-order valence-electron chi connectivity index (χ2n) is 6.33. The molecule has 0 radical (unpaired) electrons. The van der Waals surface area contributed by atoms with E-state index < -0.39 is 0 Å². The van der Waals surface area contributed by atoms with E-state index in [0.717, 1.165) is 50.0 Å². The molecule has 130 valence electrons. The standard InChI is InChI=1S/C20H24BrNO.ClH/c21-19-8-4-5-17(15-19)9-14-23-16-20(10-12-22-13-11-20)18-6-2-1-3-7-18;/h1-8,15,22H,9-14,16H2;1H. The minimum atomic E-state index is 0. The minimum absolute atomic E-state index is 0. The van der Waals surface area contributed by atoms with E-state index in [4.69, 9.17) is 4.74 Å². The van der Waals surface area contributed by atoms with Crippen LogP contribution in [0.3, 0.4) is 0 Å². The van der Waals surface area contributed by atoms with Crippen molar-refractivity contribution >= 4 is 28.3 Å². The summed E-state index contributed by atoms with van der Waals surface area (Å²) in [5, 5.41) is 3.47. The monoisotopic (exact) mass is 409 g/mol. The Bertz CT molecular complexity index is 614. The summed E-state index contributed by atoms with van der Waals surface area (Å²) in [4.78, 5) is 0. The molecule has 2 nitrogen and oxygen atoms in total. The molecule has 2 aromatic rings. The van der Waals surface area contributed by atoms with Crippen LogP contribution in [0.4, 0.5) is 0 Å². The third-order valence-corrected chi connectivity index (χ3v) is 5.24. The fraction of sp³-hybridized carbons (Fsp3) is 0.400. The van der Waals surface area contributed by atoms with Crippen LogP contribution in [0.1, 0.15) is 24.0 Å². The van der Waals surface area contributed by atoms with Gasteiger partial charge in [-0.1, -0.05) is 58.4 Å². The first-order chi connectivity index (χ1) is 11.3. The van der Waals surface area contributed by atoms with E-state index in [0.29, 0.717) is 0 Å². The molecule has 1 N–H and O–H groups in total. The van der Waals surface area contributed by atoms with Crippen LogP contribution in [0.15, 0.2) is 59.1 Å². The van der Waals surface area contributed by atoms with E-state index in [-0.39, 0.29) is 17.8 Å². The van der Waals surface area contributed by atoms with Gasteiger partial charge in [0.2, 0.25) is 0 Å². The van der Waals surface area contributed by atoms with Gasteiger partial charge >= 0.3 is 0 Å². The lowest BCUT2D eigenvalue weighted by Gasteiger charge is -2.38. The van der Waals surface area contributed by atoms with Gasteiger partial charge in [0.05, 0.1) is 13.2 Å². The number of piperidine rings is 1. The lowest BCUT2D eigenvalue weighted by atomic mass is 9.74. The van der Waals surface area contributed by atoms with Crippen molar-refractivity contribution in [2.75, 3.05) is 26.3 Å². The van der Waals surface area contributed by atoms with Gasteiger partial charge in [0, 0.05) is 9.89 Å². The molecule has 3 rings (SSSR count). The van der Waals surface area contributed by atoms with Gasteiger partial charge in [0.25, 0.3) is 0 Å². The molecule has 1 aliphatic heterocycles. The normalized spacial score (nSPS) is 16.4. The highest BCUT2D eigenvalue weighted by Gasteiger charge is 2.33. The molecule has 24 heavy (non-hydrogen) atoms. The summed E-state index contributed by atoms with van der Waals surface area (Å²) in [5.41, 5.74) is 2.91. The fourth-order valence-corrected chi connectivity index (χ4v) is 3.81. The molecule has 0 saturated carbocycles. The van der Waals surface area contributed by atoms with Crippen molar-refractivity contribution in [2.24, 2.45) is 0 Å². The zero-order valence-corrected chi connectivity index (χ0v) is 16.2. The van der Waals surface area contributed by atoms with E-state index in [2.05, 4.69) is 75.8 Å². The second kappa shape index (κ2) is 9.57. The van der Waals surface area contributed by atoms with Crippen molar-refractivity contribution in [3.8, 4) is 0 Å². The number of nitrogens with one attached hydrogen (secondary N) is 1. The summed E-state index contributed by atoms with van der Waals surface area (Å²) in [5.74, 6) is 0. The number of ether oxygens (including phenoxy) is 1. The third-order valence-electron chi connectivity index (χ3n) is 4.75. The van der Waals surface area contributed by atoms with Crippen LogP contribution in [0.5, 0.6) is 0 Å². The molecule has 0 aromatic heterocycles. The van der Waals surface area contributed by atoms with Crippen LogP contribution in [0.2, 0.25) is 0 Å². The zero-order valence-electron chi connectivity index (χ0n) is 13.8. The Hall–Kier alpha value is -0.870. The van der Waals surface area contributed by atoms with Gasteiger partial charge < -0.3 is 10.1 Å². The van der Waals surface area contributed by atoms with Crippen LogP contribution >= 0.6 is 28.3 Å². The highest BCUT2D eigenvalue weighted by Crippen LogP contribution is 2.33. The predicted molar refractivity (Wildman–Crippen MR) is 106 cm³/mol. The highest BCUT2D eigenvalue weighted by atomic mass is 79.9. The SMILES string of the molecule is Brc1cccc(CCOCC2(c3ccccc3)CCNCC2)c1.Cl. The lowest BCUT2D eigenvalue weighted by molar-refractivity contribution is 0.0690. The van der Waals surface area contributed by atoms with E-state index in [1.165, 1.54) is 11.1 Å². The van der Waals surface area contributed by atoms with Crippen LogP contribution in [0, 0.1) is 0 Å². The number of hydrogen-bond acceptors (Lipinski definition) is 2. The van der Waals surface area contributed by atoms with Gasteiger partial charge in [-0.05, 0) is 55.6 Å². The average molecular weight is 411 g/mol. The molecule has 0 aliphatic carbocycles. The highest BCUT2D eigenvalue weighted by molar-refractivity contribution is 9.10. The summed E-state index contributed by atoms with van der Waals surface area (Å²) in [6.45, 7) is 3.74. The van der Waals surface area contributed by atoms with Gasteiger partial charge in [0.15, 0.2) is 0 Å². The van der Waals surface area contributed by atoms with Gasteiger partial charge in [-0.15, -0.1) is 12.4 Å². The predicted octanol–water partition coefficient (Wildman–Crippen LogP) is 4.75. The topological polar surface area (TPSA) is 21.3 Å². The first kappa shape index (κ1) is 19.5. The Morgan fingerprint density at radius 2 is 1.75 bits per heavy atom. The smallest absolute Gasteiger partial charge is 0.0564 e. The molecule has 1 saturated heterocycles. The van der Waals surface area contributed by atoms with Crippen molar-refractivity contribution in [3.63, 3.8) is 0 Å². The van der Waals surface area contributed by atoms with Gasteiger partial charge in [-0.3, -0.25) is 0 Å². The fourth-order valence-electron chi connectivity index (χ4n) is 3.36. The zero-order chi connectivity index (χ0) is 16.0. The quantitative estimate of drug-likeness (QED) is 0.694. The van der Waals surface area contributed by atoms with Crippen LogP contribution in [-0.4, -0.2) is 26.3 Å². The molecule has 1 aliphatic rings. The van der Waals surface area contributed by atoms with Crippen molar-refractivity contribution < 1.29 is 4.74 Å². The molecule has 0 spiro atoms. The first-order valence-electron chi connectivity index (χ1n) is 8.37. The van der Waals surface area contributed by atoms with Crippen molar-refractivity contribution in [3.05, 3.63) is 70.2 Å². The maximum Gasteiger partial charge on any atom is 0.0564 e. The Labute approximate surface area is 159 Å². The van der Waals surface area contributed by atoms with E-state index in [9.17, 15) is 0 Å². The summed E-state index contributed by atoms with van der Waals surface area (Å²) in [6.07, 6.45) is 3.25. The number of rotatable bonds is 6. The van der Waals surface area contributed by atoms with Gasteiger partial charge in [-0.2, -0.15) is 0 Å². The maximum absolute atomic E-state index is 6.13. The summed E-state index contributed by atoms with van der Waals surface area (Å²) in [7, 11) is 0. The second-order valence-corrected chi connectivity index (χ2v) is 7.24. The van der Waals surface area contributed by atoms with Crippen LogP contribution < -0.4 is 5.32 Å². The Balaban J connectivity index is 0.00000208. The van der Waals surface area contributed by atoms with Gasteiger partial charge in [-0.25, -0.2) is 0 Å². The van der Waals surface area contributed by atoms with Crippen molar-refractivity contribution in [1.82, 2.24) is 5.32 Å². The van der Waals surface area contributed by atoms with Crippen molar-refractivity contribution in [1.29, 1.82) is 0 Å². The molecular formula is C20H25BrClNO. The van der Waals surface area contributed by atoms with E-state index in [1.54, 1.807) is 0 Å². The van der Waals surface area contributed by atoms with Crippen LogP contribution in [-0.2, 0) is 16.6 Å². The summed E-state index contributed by atoms with van der Waals surface area (Å²) >= 11 is 3.53. The van der Waals surface area contributed by atoms with Crippen LogP contribution in [0.25, 0.3) is 0 Å². The Morgan fingerprint density at radius 1 is 1.00 bits per heavy atom. The number of hydrogen-bond donors (Lipinski definition) is 1. The number of halogens is 2. The number of benzene rings is 2. The molecule has 0 amide bonds. The van der Waals surface area contributed by atoms with E-state index >= 15 is 0 Å². The van der Waals surface area contributed by atoms with Gasteiger partial charge in [0.1, 0.15) is 0 Å². The molecule has 0 unspecified atom stereocenters. The summed E-state index contributed by atoms with van der Waals surface area (Å²) in [6, 6.07) is 19.3. The molecular weight excluding hydrogens is 386 g/mol. The minimum Gasteiger partial charge on any atom is -0.380 e. The molecule has 1 heterocycles. The maximum atomic E-state index is 6.13. The largest absolute Gasteiger partial charge is 0.380 e. The average Bonchev–Trinajstić information content (AvgIpc) is 2.60. The molecule has 0 bridgehead atoms. The third kappa shape index (κ3) is 5.06. The molecule has 0 atom stereocenters. The van der Waals surface area contributed by atoms with Crippen molar-refractivity contribution in [2.45, 2.75) is 24.7 Å². The molecule has 1 fully saturated rings. The summed E-state index contributed by atoms with van der Waals surface area (Å²) < 4.78 is 7.27. The Morgan fingerprint density at radius 3 is 2.46 bits per heavy atom. The lowest BCUT2D eigenvalue weighted by Crippen LogP contribution is -2.43. The van der Waals surface area contributed by atoms with E-state index in [1.807, 2.05) is 0 Å². The molecule has 4 heteroatoms.